The van der Waals surface area contributed by atoms with Gasteiger partial charge in [0.05, 0.1) is 0 Å². The van der Waals surface area contributed by atoms with E-state index >= 15 is 0 Å². The van der Waals surface area contributed by atoms with Gasteiger partial charge in [-0.1, -0.05) is 18.2 Å². The second-order valence-electron chi connectivity index (χ2n) is 4.60. The van der Waals surface area contributed by atoms with Crippen LogP contribution in [0.4, 0.5) is 10.5 Å². The molecule has 1 aromatic rings. The number of carbonyl (C=O) groups is 2. The molecular weight excluding hydrogens is 232 g/mol. The van der Waals surface area contributed by atoms with Crippen LogP contribution in [0.3, 0.4) is 0 Å². The van der Waals surface area contributed by atoms with Crippen LogP contribution < -0.4 is 4.90 Å². The van der Waals surface area contributed by atoms with Gasteiger partial charge in [-0.25, -0.2) is 9.59 Å². The quantitative estimate of drug-likeness (QED) is 0.893. The molecule has 0 fully saturated rings. The fourth-order valence-electron chi connectivity index (χ4n) is 1.37. The largest absolute Gasteiger partial charge is 0.480 e. The van der Waals surface area contributed by atoms with Gasteiger partial charge in [0.1, 0.15) is 5.54 Å². The second-order valence-corrected chi connectivity index (χ2v) is 4.60. The van der Waals surface area contributed by atoms with Gasteiger partial charge in [0.25, 0.3) is 0 Å². The lowest BCUT2D eigenvalue weighted by molar-refractivity contribution is -0.146. The Bertz CT molecular complexity index is 443. The standard InChI is InChI=1S/C13H18N2O3/c1-13(2,11(16)17)15(4)12(18)14(3)10-8-6-5-7-9-10/h5-9H,1-4H3,(H,16,17). The highest BCUT2D eigenvalue weighted by Gasteiger charge is 2.36. The highest BCUT2D eigenvalue weighted by atomic mass is 16.4. The predicted octanol–water partition coefficient (Wildman–Crippen LogP) is 2.04. The van der Waals surface area contributed by atoms with Crippen LogP contribution in [-0.2, 0) is 4.79 Å². The molecule has 0 spiro atoms. The molecule has 0 bridgehead atoms. The zero-order valence-electron chi connectivity index (χ0n) is 11.0. The van der Waals surface area contributed by atoms with Gasteiger partial charge < -0.3 is 10.0 Å². The summed E-state index contributed by atoms with van der Waals surface area (Å²) < 4.78 is 0. The van der Waals surface area contributed by atoms with Crippen molar-refractivity contribution in [1.82, 2.24) is 4.90 Å². The van der Waals surface area contributed by atoms with E-state index < -0.39 is 11.5 Å². The molecule has 0 aromatic heterocycles. The Morgan fingerprint density at radius 1 is 1.11 bits per heavy atom. The Morgan fingerprint density at radius 3 is 2.06 bits per heavy atom. The summed E-state index contributed by atoms with van der Waals surface area (Å²) >= 11 is 0. The van der Waals surface area contributed by atoms with Gasteiger partial charge in [0.15, 0.2) is 0 Å². The Hall–Kier alpha value is -2.04. The van der Waals surface area contributed by atoms with Crippen molar-refractivity contribution in [3.8, 4) is 0 Å². The third kappa shape index (κ3) is 2.61. The number of hydrogen-bond donors (Lipinski definition) is 1. The van der Waals surface area contributed by atoms with Gasteiger partial charge in [-0.15, -0.1) is 0 Å². The number of nitrogens with zero attached hydrogens (tertiary/aromatic N) is 2. The van der Waals surface area contributed by atoms with E-state index in [9.17, 15) is 9.59 Å². The molecule has 0 unspecified atom stereocenters. The summed E-state index contributed by atoms with van der Waals surface area (Å²) in [5.41, 5.74) is -0.532. The van der Waals surface area contributed by atoms with Crippen LogP contribution in [-0.4, -0.2) is 41.6 Å². The molecule has 0 saturated heterocycles. The Balaban J connectivity index is 2.92. The molecule has 0 radical (unpaired) electrons. The van der Waals surface area contributed by atoms with Gasteiger partial charge >= 0.3 is 12.0 Å². The maximum absolute atomic E-state index is 12.2. The lowest BCUT2D eigenvalue weighted by Crippen LogP contribution is -2.54. The number of carbonyl (C=O) groups excluding carboxylic acids is 1. The van der Waals surface area contributed by atoms with Crippen molar-refractivity contribution in [3.05, 3.63) is 30.3 Å². The zero-order chi connectivity index (χ0) is 13.9. The zero-order valence-corrected chi connectivity index (χ0v) is 11.0. The molecule has 0 saturated carbocycles. The van der Waals surface area contributed by atoms with E-state index in [4.69, 9.17) is 5.11 Å². The van der Waals surface area contributed by atoms with Crippen molar-refractivity contribution in [2.75, 3.05) is 19.0 Å². The van der Waals surface area contributed by atoms with E-state index in [2.05, 4.69) is 0 Å². The number of carboxylic acids is 1. The predicted molar refractivity (Wildman–Crippen MR) is 69.7 cm³/mol. The molecule has 0 aliphatic heterocycles. The van der Waals surface area contributed by atoms with Crippen molar-refractivity contribution < 1.29 is 14.7 Å². The first kappa shape index (κ1) is 14.0. The third-order valence-corrected chi connectivity index (χ3v) is 3.08. The highest BCUT2D eigenvalue weighted by Crippen LogP contribution is 2.18. The van der Waals surface area contributed by atoms with Gasteiger partial charge in [-0.2, -0.15) is 0 Å². The molecule has 5 nitrogen and oxygen atoms in total. The number of amides is 2. The summed E-state index contributed by atoms with van der Waals surface area (Å²) in [5.74, 6) is -1.04. The lowest BCUT2D eigenvalue weighted by atomic mass is 10.0. The van der Waals surface area contributed by atoms with Crippen molar-refractivity contribution in [2.45, 2.75) is 19.4 Å². The molecule has 0 aliphatic carbocycles. The topological polar surface area (TPSA) is 60.9 Å². The summed E-state index contributed by atoms with van der Waals surface area (Å²) in [5, 5.41) is 9.10. The molecule has 1 aromatic carbocycles. The van der Waals surface area contributed by atoms with Gasteiger partial charge in [0.2, 0.25) is 0 Å². The minimum Gasteiger partial charge on any atom is -0.480 e. The number of urea groups is 1. The van der Waals surface area contributed by atoms with Crippen molar-refractivity contribution in [3.63, 3.8) is 0 Å². The monoisotopic (exact) mass is 250 g/mol. The van der Waals surface area contributed by atoms with Crippen molar-refractivity contribution in [2.24, 2.45) is 0 Å². The molecule has 1 N–H and O–H groups in total. The van der Waals surface area contributed by atoms with E-state index in [-0.39, 0.29) is 6.03 Å². The molecule has 0 aliphatic rings. The summed E-state index contributed by atoms with van der Waals surface area (Å²) in [7, 11) is 3.10. The van der Waals surface area contributed by atoms with Crippen LogP contribution in [0.25, 0.3) is 0 Å². The Kier molecular flexibility index (Phi) is 3.96. The average Bonchev–Trinajstić information content (AvgIpc) is 2.36. The molecule has 18 heavy (non-hydrogen) atoms. The number of carboxylic acid groups (broad SMARTS) is 1. The fraction of sp³-hybridized carbons (Fsp3) is 0.385. The number of likely N-dealkylation sites (N-methyl/N-ethyl adjacent to an activating group) is 1. The molecular formula is C13H18N2O3. The SMILES string of the molecule is CN(C(=O)N(C)C(C)(C)C(=O)O)c1ccccc1. The molecule has 5 heteroatoms. The molecule has 0 atom stereocenters. The first-order valence-electron chi connectivity index (χ1n) is 5.58. The maximum Gasteiger partial charge on any atom is 0.329 e. The Labute approximate surface area is 107 Å². The fourth-order valence-corrected chi connectivity index (χ4v) is 1.37. The van der Waals surface area contributed by atoms with Crippen molar-refractivity contribution in [1.29, 1.82) is 0 Å². The minimum absolute atomic E-state index is 0.367. The van der Waals surface area contributed by atoms with Crippen LogP contribution in [0.1, 0.15) is 13.8 Å². The molecule has 1 rings (SSSR count). The van der Waals surface area contributed by atoms with E-state index in [1.807, 2.05) is 18.2 Å². The number of benzene rings is 1. The van der Waals surface area contributed by atoms with Gasteiger partial charge in [-0.05, 0) is 26.0 Å². The number of anilines is 1. The number of rotatable bonds is 3. The van der Waals surface area contributed by atoms with E-state index in [0.29, 0.717) is 0 Å². The van der Waals surface area contributed by atoms with Crippen LogP contribution in [0.15, 0.2) is 30.3 Å². The van der Waals surface area contributed by atoms with Crippen LogP contribution >= 0.6 is 0 Å². The van der Waals surface area contributed by atoms with Gasteiger partial charge in [0, 0.05) is 19.8 Å². The summed E-state index contributed by atoms with van der Waals surface area (Å²) in [6.07, 6.45) is 0. The molecule has 98 valence electrons. The normalized spacial score (nSPS) is 10.9. The smallest absolute Gasteiger partial charge is 0.329 e. The minimum atomic E-state index is -1.25. The van der Waals surface area contributed by atoms with Gasteiger partial charge in [-0.3, -0.25) is 4.90 Å². The first-order valence-corrected chi connectivity index (χ1v) is 5.58. The number of aliphatic carboxylic acids is 1. The first-order chi connectivity index (χ1) is 8.28. The van der Waals surface area contributed by atoms with E-state index in [1.54, 1.807) is 19.2 Å². The maximum atomic E-state index is 12.2. The average molecular weight is 250 g/mol. The van der Waals surface area contributed by atoms with Crippen molar-refractivity contribution >= 4 is 17.7 Å². The Morgan fingerprint density at radius 2 is 1.61 bits per heavy atom. The lowest BCUT2D eigenvalue weighted by Gasteiger charge is -2.34. The van der Waals surface area contributed by atoms with Crippen LogP contribution in [0, 0.1) is 0 Å². The van der Waals surface area contributed by atoms with E-state index in [1.165, 1.54) is 30.7 Å². The summed E-state index contributed by atoms with van der Waals surface area (Å²) in [6.45, 7) is 2.98. The number of para-hydroxylation sites is 1. The third-order valence-electron chi connectivity index (χ3n) is 3.08. The molecule has 2 amide bonds. The van der Waals surface area contributed by atoms with Crippen LogP contribution in [0.5, 0.6) is 0 Å². The second kappa shape index (κ2) is 5.08. The van der Waals surface area contributed by atoms with E-state index in [0.717, 1.165) is 5.69 Å². The molecule has 0 heterocycles. The van der Waals surface area contributed by atoms with Crippen LogP contribution in [0.2, 0.25) is 0 Å². The highest BCUT2D eigenvalue weighted by molar-refractivity contribution is 5.94. The summed E-state index contributed by atoms with van der Waals surface area (Å²) in [4.78, 5) is 25.9. The summed E-state index contributed by atoms with van der Waals surface area (Å²) in [6, 6.07) is 8.71. The number of hydrogen-bond acceptors (Lipinski definition) is 2.